The Bertz CT molecular complexity index is 1710. The van der Waals surface area contributed by atoms with Crippen LogP contribution >= 0.6 is 7.60 Å². The van der Waals surface area contributed by atoms with Gasteiger partial charge in [0.15, 0.2) is 6.04 Å². The average Bonchev–Trinajstić information content (AvgIpc) is 3.17. The highest BCUT2D eigenvalue weighted by Crippen LogP contribution is 2.50. The summed E-state index contributed by atoms with van der Waals surface area (Å²) in [4.78, 5) is 57.0. The molecule has 13 heteroatoms. The summed E-state index contributed by atoms with van der Waals surface area (Å²) in [6.45, 7) is 1.10. The molecule has 0 saturated carbocycles. The number of hydrogen-bond donors (Lipinski definition) is 1. The van der Waals surface area contributed by atoms with E-state index in [0.717, 1.165) is 21.8 Å². The Balaban J connectivity index is 1.48. The molecule has 3 atom stereocenters. The van der Waals surface area contributed by atoms with Crippen LogP contribution in [-0.2, 0) is 62.4 Å². The number of esters is 2. The molecule has 0 aliphatic carbocycles. The number of benzene rings is 4. The molecular weight excluding hydrogens is 675 g/mol. The third-order valence-electron chi connectivity index (χ3n) is 7.39. The van der Waals surface area contributed by atoms with Gasteiger partial charge in [0.25, 0.3) is 0 Å². The first-order valence-electron chi connectivity index (χ1n) is 16.4. The summed E-state index contributed by atoms with van der Waals surface area (Å²) < 4.78 is 37.0. The molecule has 4 aromatic rings. The Morgan fingerprint density at radius 1 is 0.745 bits per heavy atom. The van der Waals surface area contributed by atoms with Gasteiger partial charge < -0.3 is 19.3 Å². The molecule has 51 heavy (non-hydrogen) atoms. The Morgan fingerprint density at radius 2 is 1.25 bits per heavy atom. The lowest BCUT2D eigenvalue weighted by Crippen LogP contribution is -2.42. The molecule has 12 nitrogen and oxygen atoms in total. The van der Waals surface area contributed by atoms with Gasteiger partial charge in [0.2, 0.25) is 12.3 Å². The minimum absolute atomic E-state index is 0.0329. The number of nitrogens with one attached hydrogen (secondary N) is 1. The molecule has 4 rings (SSSR count). The Labute approximate surface area is 297 Å². The predicted molar refractivity (Wildman–Crippen MR) is 188 cm³/mol. The lowest BCUT2D eigenvalue weighted by molar-refractivity contribution is -0.203. The van der Waals surface area contributed by atoms with Crippen molar-refractivity contribution in [3.8, 4) is 5.75 Å². The molecule has 0 heterocycles. The largest absolute Gasteiger partial charge is 0.460 e. The summed E-state index contributed by atoms with van der Waals surface area (Å²) in [7, 11) is -4.25. The summed E-state index contributed by atoms with van der Waals surface area (Å²) in [5.74, 6) is -2.02. The molecular formula is C38H41N2O10P. The summed E-state index contributed by atoms with van der Waals surface area (Å²) in [5.41, 5.74) is 2.24. The van der Waals surface area contributed by atoms with E-state index >= 15 is 0 Å². The van der Waals surface area contributed by atoms with Crippen LogP contribution in [0.2, 0.25) is 0 Å². The van der Waals surface area contributed by atoms with E-state index in [-0.39, 0.29) is 38.4 Å². The number of carbonyl (C=O) groups excluding carboxylic acids is 4. The van der Waals surface area contributed by atoms with Gasteiger partial charge in [-0.25, -0.2) is 14.4 Å². The first kappa shape index (κ1) is 38.5. The van der Waals surface area contributed by atoms with Gasteiger partial charge in [0, 0.05) is 0 Å². The number of carbonyl (C=O) groups is 4. The van der Waals surface area contributed by atoms with E-state index in [2.05, 4.69) is 5.32 Å². The van der Waals surface area contributed by atoms with Gasteiger partial charge in [0.05, 0.1) is 6.16 Å². The molecule has 0 spiro atoms. The maximum atomic E-state index is 14.4. The zero-order valence-electron chi connectivity index (χ0n) is 28.2. The van der Waals surface area contributed by atoms with Crippen LogP contribution in [0.25, 0.3) is 0 Å². The number of para-hydroxylation sites is 1. The maximum Gasteiger partial charge on any atom is 0.380 e. The van der Waals surface area contributed by atoms with Gasteiger partial charge in [0.1, 0.15) is 38.2 Å². The quantitative estimate of drug-likeness (QED) is 0.0471. The number of hydrogen-bond acceptors (Lipinski definition) is 10. The van der Waals surface area contributed by atoms with Crippen molar-refractivity contribution in [2.75, 3.05) is 12.7 Å². The predicted octanol–water partition coefficient (Wildman–Crippen LogP) is 6.01. The van der Waals surface area contributed by atoms with Gasteiger partial charge in [-0.05, 0) is 41.7 Å². The average molecular weight is 717 g/mol. The maximum absolute atomic E-state index is 14.4. The van der Waals surface area contributed by atoms with Crippen molar-refractivity contribution >= 4 is 31.9 Å². The van der Waals surface area contributed by atoms with E-state index in [9.17, 15) is 23.7 Å². The van der Waals surface area contributed by atoms with Crippen molar-refractivity contribution in [2.45, 2.75) is 51.7 Å². The van der Waals surface area contributed by atoms with Gasteiger partial charge in [-0.3, -0.25) is 23.7 Å². The molecule has 0 aromatic heterocycles. The minimum atomic E-state index is -4.25. The fourth-order valence-corrected chi connectivity index (χ4v) is 6.57. The fourth-order valence-electron chi connectivity index (χ4n) is 4.70. The van der Waals surface area contributed by atoms with Crippen LogP contribution in [0.4, 0.5) is 0 Å². The highest BCUT2D eigenvalue weighted by molar-refractivity contribution is 7.54. The second-order valence-corrected chi connectivity index (χ2v) is 13.3. The van der Waals surface area contributed by atoms with Crippen LogP contribution in [0, 0.1) is 0 Å². The third kappa shape index (κ3) is 13.2. The second kappa shape index (κ2) is 20.4. The van der Waals surface area contributed by atoms with E-state index in [1.165, 1.54) is 0 Å². The molecule has 0 bridgehead atoms. The van der Waals surface area contributed by atoms with Crippen molar-refractivity contribution in [1.29, 1.82) is 0 Å². The molecule has 268 valence electrons. The number of nitrogens with zero attached hydrogens (tertiary/aromatic N) is 1. The second-order valence-electron chi connectivity index (χ2n) is 11.2. The van der Waals surface area contributed by atoms with Crippen molar-refractivity contribution in [1.82, 2.24) is 10.4 Å². The van der Waals surface area contributed by atoms with Crippen LogP contribution in [0.3, 0.4) is 0 Å². The number of rotatable bonds is 21. The zero-order chi connectivity index (χ0) is 36.3. The van der Waals surface area contributed by atoms with Gasteiger partial charge >= 0.3 is 19.5 Å². The smallest absolute Gasteiger partial charge is 0.380 e. The summed E-state index contributed by atoms with van der Waals surface area (Å²) in [5, 5.41) is 3.29. The van der Waals surface area contributed by atoms with Gasteiger partial charge in [-0.2, -0.15) is 0 Å². The molecule has 0 aliphatic rings. The van der Waals surface area contributed by atoms with E-state index in [1.54, 1.807) is 97.9 Å². The van der Waals surface area contributed by atoms with Crippen LogP contribution in [0.1, 0.15) is 36.5 Å². The van der Waals surface area contributed by atoms with Crippen molar-refractivity contribution in [3.05, 3.63) is 138 Å². The molecule has 0 fully saturated rings. The number of ether oxygens (including phenoxy) is 2. The topological polar surface area (TPSA) is 147 Å². The lowest BCUT2D eigenvalue weighted by Gasteiger charge is -2.28. The molecule has 4 aromatic carbocycles. The highest BCUT2D eigenvalue weighted by atomic mass is 31.2. The fraction of sp³-hybridized carbons (Fsp3) is 0.263. The van der Waals surface area contributed by atoms with Crippen molar-refractivity contribution in [3.63, 3.8) is 0 Å². The molecule has 1 N–H and O–H groups in total. The minimum Gasteiger partial charge on any atom is -0.460 e. The third-order valence-corrected chi connectivity index (χ3v) is 9.27. The van der Waals surface area contributed by atoms with E-state index in [0.29, 0.717) is 6.41 Å². The van der Waals surface area contributed by atoms with Crippen molar-refractivity contribution in [2.24, 2.45) is 0 Å². The van der Waals surface area contributed by atoms with E-state index in [4.69, 9.17) is 23.4 Å². The first-order valence-corrected chi connectivity index (χ1v) is 18.1. The van der Waals surface area contributed by atoms with E-state index < -0.39 is 50.3 Å². The number of hydroxylamine groups is 2. The Kier molecular flexibility index (Phi) is 15.4. The summed E-state index contributed by atoms with van der Waals surface area (Å²) in [6, 6.07) is 33.9. The Morgan fingerprint density at radius 3 is 1.78 bits per heavy atom. The zero-order valence-corrected chi connectivity index (χ0v) is 29.1. The monoisotopic (exact) mass is 716 g/mol. The van der Waals surface area contributed by atoms with Gasteiger partial charge in [-0.15, -0.1) is 0 Å². The SMILES string of the molecule is CCC(OP(=O)(CCC(C(=O)OCc1ccccc1)N(C=O)OCc1ccccc1)Oc1ccccc1)C(=O)NCC(=O)OCc1ccccc1. The van der Waals surface area contributed by atoms with Crippen LogP contribution in [0.15, 0.2) is 121 Å². The molecule has 0 radical (unpaired) electrons. The van der Waals surface area contributed by atoms with Crippen LogP contribution in [-0.4, -0.2) is 54.2 Å². The summed E-state index contributed by atoms with van der Waals surface area (Å²) >= 11 is 0. The van der Waals surface area contributed by atoms with Crippen LogP contribution < -0.4 is 9.84 Å². The van der Waals surface area contributed by atoms with Crippen molar-refractivity contribution < 1.29 is 47.1 Å². The molecule has 3 unspecified atom stereocenters. The Hall–Kier alpha value is -5.29. The lowest BCUT2D eigenvalue weighted by atomic mass is 10.2. The van der Waals surface area contributed by atoms with Crippen LogP contribution in [0.5, 0.6) is 5.75 Å². The van der Waals surface area contributed by atoms with E-state index in [1.807, 2.05) is 30.3 Å². The number of amides is 2. The molecule has 0 aliphatic heterocycles. The standard InChI is InChI=1S/C38H41N2O10P/c1-2-35(37(43)39-25-36(42)46-26-30-15-7-3-8-16-30)50-51(45,49-33-21-13-6-14-22-33)24-23-34(38(44)47-27-31-17-9-4-10-18-31)40(29-41)48-28-32-19-11-5-12-20-32/h3-22,29,34-35H,2,23-28H2,1H3,(H,39,43). The first-order chi connectivity index (χ1) is 24.8. The normalized spacial score (nSPS) is 13.1. The highest BCUT2D eigenvalue weighted by Gasteiger charge is 2.37. The van der Waals surface area contributed by atoms with Gasteiger partial charge in [-0.1, -0.05) is 116 Å². The summed E-state index contributed by atoms with van der Waals surface area (Å²) in [6.07, 6.45) is -1.60. The molecule has 2 amide bonds. The molecule has 0 saturated heterocycles.